The number of carbonyl (C=O) groups is 4. The highest BCUT2D eigenvalue weighted by Crippen LogP contribution is 2.06. The molecule has 0 aromatic rings. The Labute approximate surface area is 159 Å². The summed E-state index contributed by atoms with van der Waals surface area (Å²) in [6.07, 6.45) is 1.94. The first-order valence-electron chi connectivity index (χ1n) is 8.97. The average Bonchev–Trinajstić information content (AvgIpc) is 2.55. The number of nitrogens with one attached hydrogen (secondary N) is 5. The van der Waals surface area contributed by atoms with Crippen molar-refractivity contribution in [1.29, 1.82) is 5.41 Å². The Morgan fingerprint density at radius 2 is 1.70 bits per heavy atom. The van der Waals surface area contributed by atoms with Crippen molar-refractivity contribution in [3.63, 3.8) is 0 Å². The molecule has 0 saturated heterocycles. The van der Waals surface area contributed by atoms with E-state index in [2.05, 4.69) is 21.3 Å². The molecule has 0 radical (unpaired) electrons. The third-order valence-electron chi connectivity index (χ3n) is 3.65. The SMILES string of the molecule is CC(=O)N[C@@H](C)C(=O)N[C@@H](CC(C)C)C(=O)N[C@H](C=O)CCCNC(=N)N. The topological polar surface area (TPSA) is 166 Å². The van der Waals surface area contributed by atoms with Crippen LogP contribution in [0.2, 0.25) is 0 Å². The van der Waals surface area contributed by atoms with Crippen LogP contribution < -0.4 is 27.0 Å². The van der Waals surface area contributed by atoms with E-state index in [1.807, 2.05) is 13.8 Å². The van der Waals surface area contributed by atoms with Crippen molar-refractivity contribution >= 4 is 30.0 Å². The van der Waals surface area contributed by atoms with Crippen molar-refractivity contribution in [2.24, 2.45) is 11.7 Å². The summed E-state index contributed by atoms with van der Waals surface area (Å²) in [5.74, 6) is -1.30. The van der Waals surface area contributed by atoms with Gasteiger partial charge >= 0.3 is 0 Å². The summed E-state index contributed by atoms with van der Waals surface area (Å²) in [4.78, 5) is 47.0. The highest BCUT2D eigenvalue weighted by molar-refractivity contribution is 5.92. The fourth-order valence-electron chi connectivity index (χ4n) is 2.37. The first kappa shape index (κ1) is 24.4. The molecule has 3 atom stereocenters. The van der Waals surface area contributed by atoms with Crippen LogP contribution in [0.3, 0.4) is 0 Å². The number of carbonyl (C=O) groups excluding carboxylic acids is 4. The van der Waals surface area contributed by atoms with Crippen molar-refractivity contribution in [3.05, 3.63) is 0 Å². The number of rotatable bonds is 12. The number of hydrogen-bond acceptors (Lipinski definition) is 5. The molecule has 10 heteroatoms. The van der Waals surface area contributed by atoms with E-state index in [4.69, 9.17) is 11.1 Å². The molecule has 0 aromatic carbocycles. The zero-order valence-corrected chi connectivity index (χ0v) is 16.4. The number of amides is 3. The minimum Gasteiger partial charge on any atom is -0.370 e. The second-order valence-electron chi connectivity index (χ2n) is 6.85. The summed E-state index contributed by atoms with van der Waals surface area (Å²) in [5.41, 5.74) is 5.18. The molecule has 7 N–H and O–H groups in total. The van der Waals surface area contributed by atoms with E-state index in [1.54, 1.807) is 0 Å². The molecular formula is C17H32N6O4. The van der Waals surface area contributed by atoms with Gasteiger partial charge in [0.25, 0.3) is 0 Å². The molecule has 0 unspecified atom stereocenters. The molecule has 0 aliphatic heterocycles. The molecule has 0 aromatic heterocycles. The van der Waals surface area contributed by atoms with E-state index in [0.717, 1.165) is 0 Å². The summed E-state index contributed by atoms with van der Waals surface area (Å²) in [7, 11) is 0. The molecule has 0 aliphatic rings. The first-order chi connectivity index (χ1) is 12.6. The van der Waals surface area contributed by atoms with Crippen LogP contribution in [-0.2, 0) is 19.2 Å². The van der Waals surface area contributed by atoms with Gasteiger partial charge in [-0.1, -0.05) is 13.8 Å². The zero-order valence-electron chi connectivity index (χ0n) is 16.4. The summed E-state index contributed by atoms with van der Waals surface area (Å²) in [6.45, 7) is 7.06. The molecule has 0 heterocycles. The molecule has 3 amide bonds. The minimum atomic E-state index is -0.813. The van der Waals surface area contributed by atoms with Crippen LogP contribution in [0.25, 0.3) is 0 Å². The Bertz CT molecular complexity index is 538. The van der Waals surface area contributed by atoms with Gasteiger partial charge in [0, 0.05) is 13.5 Å². The molecule has 0 rings (SSSR count). The van der Waals surface area contributed by atoms with E-state index >= 15 is 0 Å². The normalized spacial score (nSPS) is 13.8. The smallest absolute Gasteiger partial charge is 0.243 e. The second-order valence-corrected chi connectivity index (χ2v) is 6.85. The Morgan fingerprint density at radius 3 is 2.19 bits per heavy atom. The van der Waals surface area contributed by atoms with Crippen LogP contribution in [0.4, 0.5) is 0 Å². The zero-order chi connectivity index (χ0) is 21.0. The molecule has 0 bridgehead atoms. The van der Waals surface area contributed by atoms with Crippen LogP contribution >= 0.6 is 0 Å². The quantitative estimate of drug-likeness (QED) is 0.109. The lowest BCUT2D eigenvalue weighted by Crippen LogP contribution is -2.54. The van der Waals surface area contributed by atoms with E-state index in [9.17, 15) is 19.2 Å². The average molecular weight is 384 g/mol. The van der Waals surface area contributed by atoms with Crippen molar-refractivity contribution in [1.82, 2.24) is 21.3 Å². The first-order valence-corrected chi connectivity index (χ1v) is 8.97. The third kappa shape index (κ3) is 11.6. The van der Waals surface area contributed by atoms with Gasteiger partial charge in [0.1, 0.15) is 18.4 Å². The van der Waals surface area contributed by atoms with Gasteiger partial charge in [0.2, 0.25) is 17.7 Å². The molecule has 0 aliphatic carbocycles. The monoisotopic (exact) mass is 384 g/mol. The molecular weight excluding hydrogens is 352 g/mol. The highest BCUT2D eigenvalue weighted by atomic mass is 16.2. The second kappa shape index (κ2) is 12.7. The van der Waals surface area contributed by atoms with Gasteiger partial charge in [-0.3, -0.25) is 19.8 Å². The van der Waals surface area contributed by atoms with Gasteiger partial charge in [-0.2, -0.15) is 0 Å². The maximum absolute atomic E-state index is 12.5. The van der Waals surface area contributed by atoms with E-state index in [-0.39, 0.29) is 17.8 Å². The maximum Gasteiger partial charge on any atom is 0.243 e. The Hall–Kier alpha value is -2.65. The van der Waals surface area contributed by atoms with Crippen molar-refractivity contribution in [3.8, 4) is 0 Å². The summed E-state index contributed by atoms with van der Waals surface area (Å²) in [5, 5.41) is 17.4. The number of hydrogen-bond donors (Lipinski definition) is 6. The molecule has 27 heavy (non-hydrogen) atoms. The Kier molecular flexibility index (Phi) is 11.4. The van der Waals surface area contributed by atoms with Crippen LogP contribution in [0.1, 0.15) is 47.0 Å². The predicted molar refractivity (Wildman–Crippen MR) is 102 cm³/mol. The Balaban J connectivity index is 4.78. The van der Waals surface area contributed by atoms with Crippen LogP contribution in [0.5, 0.6) is 0 Å². The third-order valence-corrected chi connectivity index (χ3v) is 3.65. The van der Waals surface area contributed by atoms with Crippen LogP contribution in [0, 0.1) is 11.3 Å². The van der Waals surface area contributed by atoms with Gasteiger partial charge in [0.05, 0.1) is 6.04 Å². The molecule has 154 valence electrons. The van der Waals surface area contributed by atoms with Gasteiger partial charge in [0.15, 0.2) is 5.96 Å². The Morgan fingerprint density at radius 1 is 1.07 bits per heavy atom. The fraction of sp³-hybridized carbons (Fsp3) is 0.706. The lowest BCUT2D eigenvalue weighted by Gasteiger charge is -2.24. The van der Waals surface area contributed by atoms with Gasteiger partial charge in [-0.25, -0.2) is 0 Å². The molecule has 0 spiro atoms. The maximum atomic E-state index is 12.5. The lowest BCUT2D eigenvalue weighted by molar-refractivity contribution is -0.132. The molecule has 0 saturated carbocycles. The van der Waals surface area contributed by atoms with Crippen LogP contribution in [0.15, 0.2) is 0 Å². The summed E-state index contributed by atoms with van der Waals surface area (Å²) in [6, 6.07) is -2.29. The number of aldehydes is 1. The van der Waals surface area contributed by atoms with E-state index in [0.29, 0.717) is 32.1 Å². The summed E-state index contributed by atoms with van der Waals surface area (Å²) >= 11 is 0. The fourth-order valence-corrected chi connectivity index (χ4v) is 2.37. The standard InChI is InChI=1S/C17H32N6O4/c1-10(2)8-14(23-15(26)11(3)21-12(4)25)16(27)22-13(9-24)6-5-7-20-17(18)19/h9-11,13-14H,5-8H2,1-4H3,(H,21,25)(H,22,27)(H,23,26)(H4,18,19,20)/t11-,13-,14-/m0/s1. The van der Waals surface area contributed by atoms with E-state index in [1.165, 1.54) is 13.8 Å². The number of nitrogens with two attached hydrogens (primary N) is 1. The summed E-state index contributed by atoms with van der Waals surface area (Å²) < 4.78 is 0. The van der Waals surface area contributed by atoms with Crippen molar-refractivity contribution in [2.45, 2.75) is 65.1 Å². The van der Waals surface area contributed by atoms with Crippen LogP contribution in [-0.4, -0.2) is 54.6 Å². The predicted octanol–water partition coefficient (Wildman–Crippen LogP) is -1.01. The lowest BCUT2D eigenvalue weighted by atomic mass is 10.0. The largest absolute Gasteiger partial charge is 0.370 e. The highest BCUT2D eigenvalue weighted by Gasteiger charge is 2.26. The van der Waals surface area contributed by atoms with Gasteiger partial charge < -0.3 is 31.8 Å². The molecule has 0 fully saturated rings. The minimum absolute atomic E-state index is 0.131. The molecule has 10 nitrogen and oxygen atoms in total. The van der Waals surface area contributed by atoms with Gasteiger partial charge in [-0.15, -0.1) is 0 Å². The van der Waals surface area contributed by atoms with Gasteiger partial charge in [-0.05, 0) is 32.1 Å². The van der Waals surface area contributed by atoms with Crippen molar-refractivity contribution < 1.29 is 19.2 Å². The van der Waals surface area contributed by atoms with Crippen molar-refractivity contribution in [2.75, 3.05) is 6.54 Å². The number of guanidine groups is 1. The van der Waals surface area contributed by atoms with E-state index < -0.39 is 29.9 Å².